The van der Waals surface area contributed by atoms with Crippen LogP contribution in [-0.4, -0.2) is 12.7 Å². The van der Waals surface area contributed by atoms with Crippen molar-refractivity contribution in [3.8, 4) is 0 Å². The van der Waals surface area contributed by atoms with E-state index in [1.807, 2.05) is 0 Å². The van der Waals surface area contributed by atoms with Gasteiger partial charge in [-0.2, -0.15) is 0 Å². The molecular formula is C6H6N4. The van der Waals surface area contributed by atoms with E-state index >= 15 is 0 Å². The maximum absolute atomic E-state index is 3.90. The first kappa shape index (κ1) is 5.22. The molecule has 0 radical (unpaired) electrons. The van der Waals surface area contributed by atoms with Crippen LogP contribution in [0.1, 0.15) is 0 Å². The lowest BCUT2D eigenvalue weighted by Crippen LogP contribution is -2.26. The van der Waals surface area contributed by atoms with Crippen LogP contribution >= 0.6 is 0 Å². The number of nitrogens with one attached hydrogen (secondary N) is 2. The summed E-state index contributed by atoms with van der Waals surface area (Å²) in [4.78, 5) is 7.80. The molecule has 4 nitrogen and oxygen atoms in total. The van der Waals surface area contributed by atoms with Gasteiger partial charge in [0.05, 0.1) is 36.5 Å². The van der Waals surface area contributed by atoms with Crippen LogP contribution in [0.25, 0.3) is 0 Å². The quantitative estimate of drug-likeness (QED) is 0.487. The molecule has 4 heteroatoms. The predicted molar refractivity (Wildman–Crippen MR) is 39.4 cm³/mol. The third-order valence-electron chi connectivity index (χ3n) is 1.29. The van der Waals surface area contributed by atoms with Gasteiger partial charge in [0.1, 0.15) is 0 Å². The van der Waals surface area contributed by atoms with E-state index in [9.17, 15) is 0 Å². The van der Waals surface area contributed by atoms with Crippen molar-refractivity contribution in [2.75, 3.05) is 0 Å². The second kappa shape index (κ2) is 1.98. The van der Waals surface area contributed by atoms with Crippen molar-refractivity contribution in [3.05, 3.63) is 23.8 Å². The van der Waals surface area contributed by atoms with Crippen molar-refractivity contribution in [1.29, 1.82) is 0 Å². The van der Waals surface area contributed by atoms with Crippen LogP contribution in [0, 0.1) is 0 Å². The smallest absolute Gasteiger partial charge is 0.0924 e. The molecule has 0 aromatic carbocycles. The Balaban J connectivity index is 2.38. The van der Waals surface area contributed by atoms with Gasteiger partial charge in [-0.05, 0) is 0 Å². The van der Waals surface area contributed by atoms with Crippen LogP contribution in [0.4, 0.5) is 0 Å². The molecule has 2 rings (SSSR count). The Labute approximate surface area is 58.1 Å². The second-order valence-corrected chi connectivity index (χ2v) is 1.93. The van der Waals surface area contributed by atoms with Gasteiger partial charge >= 0.3 is 0 Å². The molecular weight excluding hydrogens is 128 g/mol. The van der Waals surface area contributed by atoms with Gasteiger partial charge in [-0.25, -0.2) is 9.98 Å². The van der Waals surface area contributed by atoms with Crippen LogP contribution in [-0.2, 0) is 0 Å². The van der Waals surface area contributed by atoms with Crippen LogP contribution in [0.2, 0.25) is 0 Å². The fraction of sp³-hybridized carbons (Fsp3) is 0. The van der Waals surface area contributed by atoms with Gasteiger partial charge in [-0.15, -0.1) is 0 Å². The summed E-state index contributed by atoms with van der Waals surface area (Å²) in [6.07, 6.45) is 6.73. The van der Waals surface area contributed by atoms with E-state index in [4.69, 9.17) is 0 Å². The zero-order chi connectivity index (χ0) is 6.81. The van der Waals surface area contributed by atoms with Gasteiger partial charge in [0.15, 0.2) is 0 Å². The normalized spacial score (nSPS) is 20.0. The first-order valence-corrected chi connectivity index (χ1v) is 2.94. The number of fused-ring (bicyclic) bond motifs is 1. The van der Waals surface area contributed by atoms with E-state index < -0.39 is 0 Å². The van der Waals surface area contributed by atoms with Crippen molar-refractivity contribution in [3.63, 3.8) is 0 Å². The molecule has 50 valence electrons. The first-order valence-electron chi connectivity index (χ1n) is 2.94. The standard InChI is InChI=1S/C6H6N4/c1-5-6(10-3-7-1)2-8-4-9-5/h1-4H,(H,7,10)(H,8,9). The fourth-order valence-corrected chi connectivity index (χ4v) is 0.806. The monoisotopic (exact) mass is 134 g/mol. The Hall–Kier alpha value is -1.58. The van der Waals surface area contributed by atoms with Gasteiger partial charge in [0.2, 0.25) is 0 Å². The highest BCUT2D eigenvalue weighted by atomic mass is 15.1. The summed E-state index contributed by atoms with van der Waals surface area (Å²) < 4.78 is 0. The molecule has 0 aliphatic carbocycles. The van der Waals surface area contributed by atoms with Gasteiger partial charge in [0, 0.05) is 0 Å². The molecule has 10 heavy (non-hydrogen) atoms. The number of nitrogens with zero attached hydrogens (tertiary/aromatic N) is 2. The van der Waals surface area contributed by atoms with E-state index in [1.54, 1.807) is 25.1 Å². The van der Waals surface area contributed by atoms with Gasteiger partial charge in [-0.3, -0.25) is 0 Å². The summed E-state index contributed by atoms with van der Waals surface area (Å²) in [6.45, 7) is 0. The van der Waals surface area contributed by atoms with Crippen molar-refractivity contribution >= 4 is 12.7 Å². The maximum atomic E-state index is 3.90. The van der Waals surface area contributed by atoms with E-state index in [-0.39, 0.29) is 0 Å². The minimum atomic E-state index is 0.956. The molecule has 0 saturated heterocycles. The maximum Gasteiger partial charge on any atom is 0.0924 e. The molecule has 0 unspecified atom stereocenters. The summed E-state index contributed by atoms with van der Waals surface area (Å²) >= 11 is 0. The van der Waals surface area contributed by atoms with E-state index in [2.05, 4.69) is 20.6 Å². The zero-order valence-corrected chi connectivity index (χ0v) is 5.20. The zero-order valence-electron chi connectivity index (χ0n) is 5.20. The molecule has 2 heterocycles. The van der Waals surface area contributed by atoms with Crippen molar-refractivity contribution in [1.82, 2.24) is 10.6 Å². The molecule has 0 atom stereocenters. The van der Waals surface area contributed by atoms with Crippen molar-refractivity contribution in [2.45, 2.75) is 0 Å². The lowest BCUT2D eigenvalue weighted by molar-refractivity contribution is 0.993. The molecule has 0 aromatic heterocycles. The van der Waals surface area contributed by atoms with Crippen LogP contribution in [0.3, 0.4) is 0 Å². The lowest BCUT2D eigenvalue weighted by atomic mass is 10.3. The van der Waals surface area contributed by atoms with Crippen molar-refractivity contribution < 1.29 is 0 Å². The second-order valence-electron chi connectivity index (χ2n) is 1.93. The molecule has 0 spiro atoms. The minimum Gasteiger partial charge on any atom is -0.343 e. The SMILES string of the molecule is C1=NC=C2NC=NC=C2N1. The number of hydrogen-bond donors (Lipinski definition) is 2. The molecule has 0 bridgehead atoms. The molecule has 0 amide bonds. The summed E-state index contributed by atoms with van der Waals surface area (Å²) in [5.41, 5.74) is 1.91. The lowest BCUT2D eigenvalue weighted by Gasteiger charge is -2.15. The fourth-order valence-electron chi connectivity index (χ4n) is 0.806. The molecule has 2 aliphatic heterocycles. The highest BCUT2D eigenvalue weighted by Gasteiger charge is 2.06. The number of rotatable bonds is 0. The Morgan fingerprint density at radius 1 is 0.900 bits per heavy atom. The minimum absolute atomic E-state index is 0.956. The summed E-state index contributed by atoms with van der Waals surface area (Å²) in [5, 5.41) is 5.89. The molecule has 0 aromatic rings. The van der Waals surface area contributed by atoms with E-state index in [1.165, 1.54) is 0 Å². The topological polar surface area (TPSA) is 48.8 Å². The Kier molecular flexibility index (Phi) is 1.04. The number of hydrogen-bond acceptors (Lipinski definition) is 4. The highest BCUT2D eigenvalue weighted by molar-refractivity contribution is 5.69. The first-order chi connectivity index (χ1) is 4.97. The van der Waals surface area contributed by atoms with Crippen LogP contribution in [0.5, 0.6) is 0 Å². The van der Waals surface area contributed by atoms with Gasteiger partial charge in [-0.1, -0.05) is 0 Å². The number of aliphatic imine (C=N–C) groups is 2. The van der Waals surface area contributed by atoms with E-state index in [0.717, 1.165) is 11.4 Å². The molecule has 0 saturated carbocycles. The van der Waals surface area contributed by atoms with Crippen molar-refractivity contribution in [2.24, 2.45) is 9.98 Å². The van der Waals surface area contributed by atoms with Gasteiger partial charge in [0.25, 0.3) is 0 Å². The average Bonchev–Trinajstić information content (AvgIpc) is 2.05. The van der Waals surface area contributed by atoms with Crippen LogP contribution < -0.4 is 10.6 Å². The molecule has 2 aliphatic rings. The molecule has 2 N–H and O–H groups in total. The summed E-state index contributed by atoms with van der Waals surface area (Å²) in [6, 6.07) is 0. The third-order valence-corrected chi connectivity index (χ3v) is 1.29. The predicted octanol–water partition coefficient (Wildman–Crippen LogP) is -0.0678. The average molecular weight is 134 g/mol. The van der Waals surface area contributed by atoms with E-state index in [0.29, 0.717) is 0 Å². The van der Waals surface area contributed by atoms with Gasteiger partial charge < -0.3 is 10.6 Å². The largest absolute Gasteiger partial charge is 0.343 e. The summed E-state index contributed by atoms with van der Waals surface area (Å²) in [5.74, 6) is 0. The summed E-state index contributed by atoms with van der Waals surface area (Å²) in [7, 11) is 0. The van der Waals surface area contributed by atoms with Crippen LogP contribution in [0.15, 0.2) is 33.8 Å². The molecule has 0 fully saturated rings. The Morgan fingerprint density at radius 3 is 1.90 bits per heavy atom. The Morgan fingerprint density at radius 2 is 1.40 bits per heavy atom. The third kappa shape index (κ3) is 0.699. The Bertz CT molecular complexity index is 231. The highest BCUT2D eigenvalue weighted by Crippen LogP contribution is 2.07.